The molecular formula is C30H31Br2ClN2O3. The van der Waals surface area contributed by atoms with Gasteiger partial charge in [-0.05, 0) is 54.3 Å². The Bertz CT molecular complexity index is 1240. The SMILES string of the molecule is O=C(NC1CCCCC1)[C@H](Cc1ccccc1)N(Cc1cccc(Br)c1)C(=O)COc1ccc(Br)cc1Cl. The first kappa shape index (κ1) is 28.7. The Hall–Kier alpha value is -2.35. The number of nitrogens with one attached hydrogen (secondary N) is 1. The molecule has 8 heteroatoms. The third-order valence-corrected chi connectivity index (χ3v) is 7.99. The van der Waals surface area contributed by atoms with Gasteiger partial charge in [0, 0.05) is 28.0 Å². The largest absolute Gasteiger partial charge is 0.482 e. The van der Waals surface area contributed by atoms with Crippen molar-refractivity contribution in [3.63, 3.8) is 0 Å². The van der Waals surface area contributed by atoms with Crippen molar-refractivity contribution < 1.29 is 14.3 Å². The molecule has 3 aromatic carbocycles. The van der Waals surface area contributed by atoms with Gasteiger partial charge in [0.2, 0.25) is 5.91 Å². The molecule has 0 spiro atoms. The minimum absolute atomic E-state index is 0.134. The number of rotatable bonds is 10. The predicted octanol–water partition coefficient (Wildman–Crippen LogP) is 7.33. The number of carbonyl (C=O) groups is 2. The maximum atomic E-state index is 13.8. The van der Waals surface area contributed by atoms with Gasteiger partial charge in [0.1, 0.15) is 11.8 Å². The standard InChI is InChI=1S/C30H31Br2ClN2O3/c31-23-11-7-10-22(16-23)19-35(29(36)20-38-28-15-14-24(32)18-26(28)33)27(17-21-8-3-1-4-9-21)30(37)34-25-12-5-2-6-13-25/h1,3-4,7-11,14-16,18,25,27H,2,5-6,12-13,17,19-20H2,(H,34,37)/t27-/m0/s1. The molecule has 0 aliphatic heterocycles. The van der Waals surface area contributed by atoms with Crippen LogP contribution in [0.15, 0.2) is 81.7 Å². The number of ether oxygens (including phenoxy) is 1. The molecule has 0 saturated heterocycles. The van der Waals surface area contributed by atoms with Crippen LogP contribution in [0.1, 0.15) is 43.2 Å². The van der Waals surface area contributed by atoms with Crippen molar-refractivity contribution in [1.82, 2.24) is 10.2 Å². The molecule has 3 aromatic rings. The van der Waals surface area contributed by atoms with Crippen LogP contribution in [-0.2, 0) is 22.6 Å². The van der Waals surface area contributed by atoms with Gasteiger partial charge < -0.3 is 15.0 Å². The van der Waals surface area contributed by atoms with Crippen molar-refractivity contribution in [2.45, 2.75) is 57.2 Å². The zero-order chi connectivity index (χ0) is 26.9. The van der Waals surface area contributed by atoms with Crippen LogP contribution in [0.3, 0.4) is 0 Å². The van der Waals surface area contributed by atoms with E-state index < -0.39 is 6.04 Å². The first-order valence-corrected chi connectivity index (χ1v) is 14.8. The molecule has 1 atom stereocenters. The molecule has 1 fully saturated rings. The van der Waals surface area contributed by atoms with Crippen molar-refractivity contribution in [1.29, 1.82) is 0 Å². The molecule has 0 aromatic heterocycles. The second kappa shape index (κ2) is 14.2. The predicted molar refractivity (Wildman–Crippen MR) is 158 cm³/mol. The molecular weight excluding hydrogens is 632 g/mol. The number of nitrogens with zero attached hydrogens (tertiary/aromatic N) is 1. The molecule has 0 unspecified atom stereocenters. The molecule has 1 aliphatic rings. The van der Waals surface area contributed by atoms with Crippen LogP contribution in [0.25, 0.3) is 0 Å². The molecule has 200 valence electrons. The van der Waals surface area contributed by atoms with E-state index in [2.05, 4.69) is 37.2 Å². The molecule has 4 rings (SSSR count). The maximum Gasteiger partial charge on any atom is 0.261 e. The number of benzene rings is 3. The van der Waals surface area contributed by atoms with Gasteiger partial charge in [0.05, 0.1) is 5.02 Å². The van der Waals surface area contributed by atoms with Crippen LogP contribution >= 0.6 is 43.5 Å². The van der Waals surface area contributed by atoms with Crippen molar-refractivity contribution in [2.75, 3.05) is 6.61 Å². The van der Waals surface area contributed by atoms with Gasteiger partial charge in [-0.15, -0.1) is 0 Å². The number of hydrogen-bond acceptors (Lipinski definition) is 3. The summed E-state index contributed by atoms with van der Waals surface area (Å²) in [5.41, 5.74) is 1.90. The molecule has 5 nitrogen and oxygen atoms in total. The summed E-state index contributed by atoms with van der Waals surface area (Å²) in [6.45, 7) is 0.0304. The molecule has 0 bridgehead atoms. The van der Waals surface area contributed by atoms with Gasteiger partial charge in [-0.2, -0.15) is 0 Å². The third kappa shape index (κ3) is 8.32. The first-order chi connectivity index (χ1) is 18.4. The van der Waals surface area contributed by atoms with Gasteiger partial charge in [-0.25, -0.2) is 0 Å². The lowest BCUT2D eigenvalue weighted by Gasteiger charge is -2.33. The first-order valence-electron chi connectivity index (χ1n) is 12.8. The second-order valence-corrected chi connectivity index (χ2v) is 11.8. The van der Waals surface area contributed by atoms with Gasteiger partial charge in [-0.1, -0.05) is 105 Å². The third-order valence-electron chi connectivity index (χ3n) is 6.71. The lowest BCUT2D eigenvalue weighted by atomic mass is 9.94. The number of hydrogen-bond donors (Lipinski definition) is 1. The summed E-state index contributed by atoms with van der Waals surface area (Å²) in [5.74, 6) is -0.00801. The van der Waals surface area contributed by atoms with E-state index in [4.69, 9.17) is 16.3 Å². The molecule has 0 heterocycles. The average Bonchev–Trinajstić information content (AvgIpc) is 2.91. The number of carbonyl (C=O) groups excluding carboxylic acids is 2. The molecule has 2 amide bonds. The smallest absolute Gasteiger partial charge is 0.261 e. The fourth-order valence-corrected chi connectivity index (χ4v) is 5.92. The zero-order valence-electron chi connectivity index (χ0n) is 21.0. The quantitative estimate of drug-likeness (QED) is 0.247. The summed E-state index contributed by atoms with van der Waals surface area (Å²) in [4.78, 5) is 29.2. The van der Waals surface area contributed by atoms with E-state index >= 15 is 0 Å². The van der Waals surface area contributed by atoms with E-state index in [1.54, 1.807) is 23.1 Å². The lowest BCUT2D eigenvalue weighted by molar-refractivity contribution is -0.143. The van der Waals surface area contributed by atoms with E-state index in [1.165, 1.54) is 6.42 Å². The Kier molecular flexibility index (Phi) is 10.7. The molecule has 1 saturated carbocycles. The van der Waals surface area contributed by atoms with E-state index in [-0.39, 0.29) is 31.0 Å². The molecule has 38 heavy (non-hydrogen) atoms. The van der Waals surface area contributed by atoms with Crippen molar-refractivity contribution in [2.24, 2.45) is 0 Å². The minimum atomic E-state index is -0.699. The van der Waals surface area contributed by atoms with Crippen molar-refractivity contribution in [3.05, 3.63) is 97.9 Å². The lowest BCUT2D eigenvalue weighted by Crippen LogP contribution is -2.53. The van der Waals surface area contributed by atoms with E-state index in [9.17, 15) is 9.59 Å². The van der Waals surface area contributed by atoms with Crippen LogP contribution in [0.5, 0.6) is 5.75 Å². The molecule has 1 N–H and O–H groups in total. The van der Waals surface area contributed by atoms with Gasteiger partial charge in [0.15, 0.2) is 6.61 Å². The normalized spacial score (nSPS) is 14.5. The summed E-state index contributed by atoms with van der Waals surface area (Å²) < 4.78 is 7.57. The van der Waals surface area contributed by atoms with Crippen LogP contribution in [0.4, 0.5) is 0 Å². The Morgan fingerprint density at radius 2 is 1.63 bits per heavy atom. The van der Waals surface area contributed by atoms with Crippen LogP contribution < -0.4 is 10.1 Å². The van der Waals surface area contributed by atoms with Gasteiger partial charge in [0.25, 0.3) is 5.91 Å². The van der Waals surface area contributed by atoms with E-state index in [0.717, 1.165) is 45.8 Å². The Balaban J connectivity index is 1.62. The second-order valence-electron chi connectivity index (χ2n) is 9.56. The van der Waals surface area contributed by atoms with Crippen molar-refractivity contribution >= 4 is 55.3 Å². The van der Waals surface area contributed by atoms with Gasteiger partial charge in [-0.3, -0.25) is 9.59 Å². The molecule has 0 radical (unpaired) electrons. The highest BCUT2D eigenvalue weighted by molar-refractivity contribution is 9.10. The Morgan fingerprint density at radius 1 is 0.921 bits per heavy atom. The monoisotopic (exact) mass is 660 g/mol. The van der Waals surface area contributed by atoms with Crippen LogP contribution in [0, 0.1) is 0 Å². The highest BCUT2D eigenvalue weighted by Crippen LogP contribution is 2.28. The van der Waals surface area contributed by atoms with E-state index in [1.807, 2.05) is 54.6 Å². The fourth-order valence-electron chi connectivity index (χ4n) is 4.74. The van der Waals surface area contributed by atoms with E-state index in [0.29, 0.717) is 17.2 Å². The summed E-state index contributed by atoms with van der Waals surface area (Å²) in [6.07, 6.45) is 5.75. The summed E-state index contributed by atoms with van der Waals surface area (Å²) in [5, 5.41) is 3.66. The Labute approximate surface area is 246 Å². The highest BCUT2D eigenvalue weighted by Gasteiger charge is 2.32. The maximum absolute atomic E-state index is 13.8. The highest BCUT2D eigenvalue weighted by atomic mass is 79.9. The van der Waals surface area contributed by atoms with Gasteiger partial charge >= 0.3 is 0 Å². The zero-order valence-corrected chi connectivity index (χ0v) is 25.0. The molecule has 1 aliphatic carbocycles. The Morgan fingerprint density at radius 3 is 2.34 bits per heavy atom. The average molecular weight is 663 g/mol. The van der Waals surface area contributed by atoms with Crippen molar-refractivity contribution in [3.8, 4) is 5.75 Å². The summed E-state index contributed by atoms with van der Waals surface area (Å²) >= 11 is 13.2. The van der Waals surface area contributed by atoms with Crippen LogP contribution in [-0.4, -0.2) is 35.4 Å². The minimum Gasteiger partial charge on any atom is -0.482 e. The fraction of sp³-hybridized carbons (Fsp3) is 0.333. The summed E-state index contributed by atoms with van der Waals surface area (Å²) in [7, 11) is 0. The van der Waals surface area contributed by atoms with Crippen LogP contribution in [0.2, 0.25) is 5.02 Å². The topological polar surface area (TPSA) is 58.6 Å². The number of amides is 2. The number of halogens is 3. The summed E-state index contributed by atoms with van der Waals surface area (Å²) in [6, 6.07) is 22.3.